The van der Waals surface area contributed by atoms with Crippen LogP contribution in [0.5, 0.6) is 0 Å². The summed E-state index contributed by atoms with van der Waals surface area (Å²) in [7, 11) is 0. The zero-order chi connectivity index (χ0) is 34.8. The fourth-order valence-corrected chi connectivity index (χ4v) is 4.60. The van der Waals surface area contributed by atoms with Crippen LogP contribution in [0.25, 0.3) is 22.4 Å². The quantitative estimate of drug-likeness (QED) is 0.253. The Bertz CT molecular complexity index is 1600. The number of nitrogens with one attached hydrogen (secondary N) is 3. The summed E-state index contributed by atoms with van der Waals surface area (Å²) in [5, 5.41) is 12.1. The van der Waals surface area contributed by atoms with Crippen molar-refractivity contribution in [1.29, 1.82) is 0 Å². The topological polar surface area (TPSA) is 150 Å². The number of aromatic nitrogens is 3. The van der Waals surface area contributed by atoms with Crippen molar-refractivity contribution >= 4 is 34.7 Å². The molecule has 1 aromatic carbocycles. The van der Waals surface area contributed by atoms with Gasteiger partial charge in [0.2, 0.25) is 0 Å². The number of nitrogens with zero attached hydrogens (tertiary/aromatic N) is 3. The minimum Gasteiger partial charge on any atom is -0.475 e. The SMILES string of the molecule is Cc1cccc2[nH]c(-c3cncc(C(=O)N[C@@H](C)C(F)(F)F)c3N3CC[C@](C)(NC(=O)OC(C)(C)C)C3)nc12.O=C(O)C(F)(F)F. The van der Waals surface area contributed by atoms with Gasteiger partial charge in [-0.25, -0.2) is 14.6 Å². The summed E-state index contributed by atoms with van der Waals surface area (Å²) in [4.78, 5) is 48.6. The predicted molar refractivity (Wildman–Crippen MR) is 155 cm³/mol. The van der Waals surface area contributed by atoms with E-state index in [4.69, 9.17) is 19.6 Å². The molecule has 4 rings (SSSR count). The first-order valence-electron chi connectivity index (χ1n) is 13.9. The molecule has 0 saturated carbocycles. The monoisotopic (exact) mass is 660 g/mol. The zero-order valence-electron chi connectivity index (χ0n) is 25.8. The number of carbonyl (C=O) groups is 3. The Kier molecular flexibility index (Phi) is 10.2. The molecule has 0 radical (unpaired) electrons. The van der Waals surface area contributed by atoms with Gasteiger partial charge in [0.25, 0.3) is 5.91 Å². The number of amides is 2. The highest BCUT2D eigenvalue weighted by Crippen LogP contribution is 2.37. The van der Waals surface area contributed by atoms with E-state index in [1.165, 1.54) is 12.4 Å². The van der Waals surface area contributed by atoms with Crippen LogP contribution in [0, 0.1) is 6.92 Å². The number of carboxylic acids is 1. The summed E-state index contributed by atoms with van der Waals surface area (Å²) in [6.45, 7) is 10.6. The second-order valence-corrected chi connectivity index (χ2v) is 12.0. The summed E-state index contributed by atoms with van der Waals surface area (Å²) in [5.41, 5.74) is 1.85. The van der Waals surface area contributed by atoms with Gasteiger partial charge in [0, 0.05) is 25.5 Å². The van der Waals surface area contributed by atoms with Crippen molar-refractivity contribution in [2.75, 3.05) is 18.0 Å². The molecule has 2 atom stereocenters. The van der Waals surface area contributed by atoms with E-state index >= 15 is 0 Å². The zero-order valence-corrected chi connectivity index (χ0v) is 25.8. The van der Waals surface area contributed by atoms with E-state index in [0.717, 1.165) is 23.5 Å². The Morgan fingerprint density at radius 1 is 1.11 bits per heavy atom. The van der Waals surface area contributed by atoms with Crippen molar-refractivity contribution in [3.63, 3.8) is 0 Å². The van der Waals surface area contributed by atoms with Crippen molar-refractivity contribution in [2.24, 2.45) is 0 Å². The molecule has 17 heteroatoms. The molecule has 1 fully saturated rings. The van der Waals surface area contributed by atoms with Crippen LogP contribution in [-0.4, -0.2) is 80.7 Å². The molecule has 252 valence electrons. The van der Waals surface area contributed by atoms with Gasteiger partial charge >= 0.3 is 24.4 Å². The average Bonchev–Trinajstić information content (AvgIpc) is 3.50. The van der Waals surface area contributed by atoms with Crippen LogP contribution in [0.4, 0.5) is 36.8 Å². The summed E-state index contributed by atoms with van der Waals surface area (Å²) >= 11 is 0. The Balaban J connectivity index is 0.000000738. The van der Waals surface area contributed by atoms with E-state index in [1.54, 1.807) is 20.8 Å². The summed E-state index contributed by atoms with van der Waals surface area (Å²) in [5.74, 6) is -3.24. The van der Waals surface area contributed by atoms with Gasteiger partial charge in [0.05, 0.1) is 33.4 Å². The molecule has 2 amide bonds. The second kappa shape index (κ2) is 13.0. The first-order chi connectivity index (χ1) is 21.0. The van der Waals surface area contributed by atoms with Crippen molar-refractivity contribution in [3.8, 4) is 11.4 Å². The fraction of sp³-hybridized carbons (Fsp3) is 0.483. The van der Waals surface area contributed by atoms with Gasteiger partial charge in [-0.15, -0.1) is 0 Å². The predicted octanol–water partition coefficient (Wildman–Crippen LogP) is 5.74. The maximum atomic E-state index is 13.3. The summed E-state index contributed by atoms with van der Waals surface area (Å²) in [6, 6.07) is 3.61. The third-order valence-corrected chi connectivity index (χ3v) is 6.81. The van der Waals surface area contributed by atoms with Crippen LogP contribution in [0.15, 0.2) is 30.6 Å². The number of aryl methyl sites for hydroxylation is 1. The van der Waals surface area contributed by atoms with Crippen molar-refractivity contribution in [3.05, 3.63) is 41.7 Å². The Hall–Kier alpha value is -4.57. The van der Waals surface area contributed by atoms with Gasteiger partial charge in [-0.1, -0.05) is 12.1 Å². The first kappa shape index (κ1) is 35.9. The van der Waals surface area contributed by atoms with Crippen LogP contribution in [-0.2, 0) is 9.53 Å². The van der Waals surface area contributed by atoms with Gasteiger partial charge < -0.3 is 30.4 Å². The number of ether oxygens (including phenoxy) is 1. The number of alkyl carbamates (subject to hydrolysis) is 1. The molecule has 1 aliphatic rings. The number of fused-ring (bicyclic) bond motifs is 1. The molecule has 3 aromatic rings. The van der Waals surface area contributed by atoms with Gasteiger partial charge in [0.1, 0.15) is 17.5 Å². The molecule has 2 aromatic heterocycles. The third kappa shape index (κ3) is 9.00. The molecule has 0 bridgehead atoms. The lowest BCUT2D eigenvalue weighted by Gasteiger charge is -2.30. The number of pyridine rings is 1. The van der Waals surface area contributed by atoms with Gasteiger partial charge in [-0.05, 0) is 59.6 Å². The van der Waals surface area contributed by atoms with Crippen molar-refractivity contribution in [1.82, 2.24) is 25.6 Å². The molecule has 4 N–H and O–H groups in total. The van der Waals surface area contributed by atoms with Crippen LogP contribution >= 0.6 is 0 Å². The maximum absolute atomic E-state index is 13.3. The number of aromatic amines is 1. The van der Waals surface area contributed by atoms with E-state index in [-0.39, 0.29) is 12.1 Å². The first-order valence-corrected chi connectivity index (χ1v) is 13.9. The van der Waals surface area contributed by atoms with Crippen molar-refractivity contribution in [2.45, 2.75) is 77.5 Å². The van der Waals surface area contributed by atoms with E-state index in [2.05, 4.69) is 15.3 Å². The lowest BCUT2D eigenvalue weighted by Crippen LogP contribution is -2.49. The lowest BCUT2D eigenvalue weighted by atomic mass is 10.0. The molecule has 3 heterocycles. The summed E-state index contributed by atoms with van der Waals surface area (Å²) in [6.07, 6.45) is -6.98. The minimum absolute atomic E-state index is 0.0257. The fourth-order valence-electron chi connectivity index (χ4n) is 4.60. The lowest BCUT2D eigenvalue weighted by molar-refractivity contribution is -0.192. The molecule has 46 heavy (non-hydrogen) atoms. The molecule has 11 nitrogen and oxygen atoms in total. The molecule has 0 spiro atoms. The Morgan fingerprint density at radius 2 is 1.74 bits per heavy atom. The number of imidazole rings is 1. The maximum Gasteiger partial charge on any atom is 0.490 e. The molecule has 1 saturated heterocycles. The normalized spacial score (nSPS) is 17.6. The number of aliphatic carboxylic acids is 1. The number of para-hydroxylation sites is 1. The summed E-state index contributed by atoms with van der Waals surface area (Å²) < 4.78 is 76.9. The standard InChI is InChI=1S/C27H33F3N6O3.C2HF3O2/c1-15-8-7-9-19-20(15)34-22(33-19)17-12-31-13-18(23(37)32-16(2)27(28,29)30)21(17)36-11-10-26(6,14-36)35-24(38)39-25(3,4)5;3-2(4,5)1(6)7/h7-9,12-13,16H,10-11,14H2,1-6H3,(H,32,37)(H,33,34)(H,35,38);(H,6,7)/t16-,26-;/m0./s1. The Labute approximate surface area is 259 Å². The number of carbonyl (C=O) groups excluding carboxylic acids is 2. The highest BCUT2D eigenvalue weighted by Gasteiger charge is 2.41. The number of rotatable bonds is 5. The van der Waals surface area contributed by atoms with E-state index in [9.17, 15) is 35.9 Å². The number of anilines is 1. The number of hydrogen-bond acceptors (Lipinski definition) is 7. The number of H-pyrrole nitrogens is 1. The van der Waals surface area contributed by atoms with E-state index in [0.29, 0.717) is 30.0 Å². The largest absolute Gasteiger partial charge is 0.490 e. The molecular formula is C29H34F6N6O5. The smallest absolute Gasteiger partial charge is 0.475 e. The average molecular weight is 661 g/mol. The van der Waals surface area contributed by atoms with Gasteiger partial charge in [0.15, 0.2) is 0 Å². The van der Waals surface area contributed by atoms with Gasteiger partial charge in [-0.3, -0.25) is 9.78 Å². The third-order valence-electron chi connectivity index (χ3n) is 6.81. The number of benzene rings is 1. The van der Waals surface area contributed by atoms with Crippen molar-refractivity contribution < 1.29 is 50.6 Å². The number of halogens is 6. The van der Waals surface area contributed by atoms with Crippen LogP contribution < -0.4 is 15.5 Å². The van der Waals surface area contributed by atoms with E-state index < -0.39 is 47.5 Å². The molecule has 1 aliphatic heterocycles. The van der Waals surface area contributed by atoms with E-state index in [1.807, 2.05) is 42.3 Å². The Morgan fingerprint density at radius 3 is 2.28 bits per heavy atom. The second-order valence-electron chi connectivity index (χ2n) is 12.0. The number of carboxylic acid groups (broad SMARTS) is 1. The molecular weight excluding hydrogens is 626 g/mol. The van der Waals surface area contributed by atoms with Crippen LogP contribution in [0.3, 0.4) is 0 Å². The van der Waals surface area contributed by atoms with Crippen LogP contribution in [0.2, 0.25) is 0 Å². The number of alkyl halides is 6. The highest BCUT2D eigenvalue weighted by atomic mass is 19.4. The highest BCUT2D eigenvalue weighted by molar-refractivity contribution is 6.03. The molecule has 0 unspecified atom stereocenters. The number of hydrogen-bond donors (Lipinski definition) is 4. The molecule has 0 aliphatic carbocycles. The van der Waals surface area contributed by atoms with Crippen LogP contribution in [0.1, 0.15) is 57.0 Å². The van der Waals surface area contributed by atoms with Gasteiger partial charge in [-0.2, -0.15) is 26.3 Å². The minimum atomic E-state index is -5.08.